The van der Waals surface area contributed by atoms with Crippen molar-refractivity contribution < 1.29 is 13.0 Å². The summed E-state index contributed by atoms with van der Waals surface area (Å²) in [6.45, 7) is 1.47. The minimum atomic E-state index is -4.08. The van der Waals surface area contributed by atoms with E-state index in [0.717, 1.165) is 11.3 Å². The van der Waals surface area contributed by atoms with Crippen LogP contribution in [0, 0.1) is 0 Å². The molecule has 0 bridgehead atoms. The van der Waals surface area contributed by atoms with Gasteiger partial charge < -0.3 is 5.32 Å². The maximum atomic E-state index is 11.1. The first-order valence-electron chi connectivity index (χ1n) is 4.25. The number of para-hydroxylation sites is 1. The number of hydrogen-bond donors (Lipinski definition) is 2. The minimum absolute atomic E-state index is 0.294. The highest BCUT2D eigenvalue weighted by Crippen LogP contribution is 2.34. The van der Waals surface area contributed by atoms with Gasteiger partial charge in [-0.2, -0.15) is 8.42 Å². The van der Waals surface area contributed by atoms with Crippen molar-refractivity contribution in [2.24, 2.45) is 0 Å². The average Bonchev–Trinajstić information content (AvgIpc) is 2.40. The van der Waals surface area contributed by atoms with Gasteiger partial charge in [-0.25, -0.2) is 0 Å². The van der Waals surface area contributed by atoms with Crippen molar-refractivity contribution in [2.75, 3.05) is 5.32 Å². The molecule has 1 aromatic carbocycles. The SMILES string of the molecule is CC1(S(=O)(=O)O)Cc2ccccc2N1. The van der Waals surface area contributed by atoms with E-state index in [1.165, 1.54) is 6.92 Å². The third-order valence-electron chi connectivity index (χ3n) is 2.51. The van der Waals surface area contributed by atoms with Gasteiger partial charge in [0.15, 0.2) is 4.87 Å². The molecule has 0 aliphatic carbocycles. The molecule has 0 spiro atoms. The van der Waals surface area contributed by atoms with Crippen LogP contribution in [0.2, 0.25) is 0 Å². The predicted octanol–water partition coefficient (Wildman–Crippen LogP) is 1.26. The maximum Gasteiger partial charge on any atom is 0.289 e. The molecule has 0 fully saturated rings. The van der Waals surface area contributed by atoms with Gasteiger partial charge in [0.2, 0.25) is 0 Å². The summed E-state index contributed by atoms with van der Waals surface area (Å²) < 4.78 is 31.3. The van der Waals surface area contributed by atoms with Gasteiger partial charge in [0.25, 0.3) is 10.1 Å². The molecule has 5 heteroatoms. The highest BCUT2D eigenvalue weighted by Gasteiger charge is 2.42. The minimum Gasteiger partial charge on any atom is -0.364 e. The van der Waals surface area contributed by atoms with Gasteiger partial charge in [0.05, 0.1) is 0 Å². The topological polar surface area (TPSA) is 66.4 Å². The summed E-state index contributed by atoms with van der Waals surface area (Å²) in [5, 5.41) is 2.81. The first kappa shape index (κ1) is 9.48. The monoisotopic (exact) mass is 213 g/mol. The standard InChI is InChI=1S/C9H11NO3S/c1-9(14(11,12)13)6-7-4-2-3-5-8(7)10-9/h2-5,10H,6H2,1H3,(H,11,12,13). The molecule has 0 saturated carbocycles. The van der Waals surface area contributed by atoms with E-state index in [1.54, 1.807) is 6.07 Å². The molecule has 0 amide bonds. The number of rotatable bonds is 1. The zero-order chi connectivity index (χ0) is 10.4. The molecule has 1 heterocycles. The molecule has 76 valence electrons. The summed E-state index contributed by atoms with van der Waals surface area (Å²) in [6, 6.07) is 7.31. The van der Waals surface area contributed by atoms with Crippen molar-refractivity contribution in [3.63, 3.8) is 0 Å². The lowest BCUT2D eigenvalue weighted by atomic mass is 10.1. The Bertz CT molecular complexity index is 442. The van der Waals surface area contributed by atoms with E-state index in [2.05, 4.69) is 5.32 Å². The van der Waals surface area contributed by atoms with Gasteiger partial charge in [-0.05, 0) is 18.6 Å². The first-order valence-corrected chi connectivity index (χ1v) is 5.69. The normalized spacial score (nSPS) is 25.6. The molecule has 0 saturated heterocycles. The van der Waals surface area contributed by atoms with Crippen LogP contribution in [-0.4, -0.2) is 17.8 Å². The molecule has 0 radical (unpaired) electrons. The quantitative estimate of drug-likeness (QED) is 0.689. The summed E-state index contributed by atoms with van der Waals surface area (Å²) >= 11 is 0. The fraction of sp³-hybridized carbons (Fsp3) is 0.333. The van der Waals surface area contributed by atoms with Crippen LogP contribution in [0.3, 0.4) is 0 Å². The fourth-order valence-corrected chi connectivity index (χ4v) is 2.22. The fourth-order valence-electron chi connectivity index (χ4n) is 1.64. The molecule has 1 unspecified atom stereocenters. The molecule has 2 N–H and O–H groups in total. The molecule has 0 aromatic heterocycles. The Hall–Kier alpha value is -1.07. The van der Waals surface area contributed by atoms with Gasteiger partial charge in [0.1, 0.15) is 0 Å². The molecule has 14 heavy (non-hydrogen) atoms. The second-order valence-corrected chi connectivity index (χ2v) is 5.52. The lowest BCUT2D eigenvalue weighted by Gasteiger charge is -2.20. The number of nitrogens with one attached hydrogen (secondary N) is 1. The van der Waals surface area contributed by atoms with Crippen molar-refractivity contribution in [1.82, 2.24) is 0 Å². The first-order chi connectivity index (χ1) is 6.42. The van der Waals surface area contributed by atoms with E-state index in [-0.39, 0.29) is 0 Å². The highest BCUT2D eigenvalue weighted by molar-refractivity contribution is 7.87. The Morgan fingerprint density at radius 2 is 2.07 bits per heavy atom. The van der Waals surface area contributed by atoms with Crippen LogP contribution in [0.25, 0.3) is 0 Å². The second-order valence-electron chi connectivity index (χ2n) is 3.66. The van der Waals surface area contributed by atoms with Crippen LogP contribution in [0.4, 0.5) is 5.69 Å². The van der Waals surface area contributed by atoms with Crippen LogP contribution < -0.4 is 5.32 Å². The summed E-state index contributed by atoms with van der Waals surface area (Å²) in [4.78, 5) is -1.28. The summed E-state index contributed by atoms with van der Waals surface area (Å²) in [7, 11) is -4.08. The third kappa shape index (κ3) is 1.29. The van der Waals surface area contributed by atoms with Crippen LogP contribution in [0.5, 0.6) is 0 Å². The lowest BCUT2D eigenvalue weighted by molar-refractivity contribution is 0.448. The number of anilines is 1. The maximum absolute atomic E-state index is 11.1. The Morgan fingerprint density at radius 1 is 1.43 bits per heavy atom. The van der Waals surface area contributed by atoms with Crippen molar-refractivity contribution in [3.8, 4) is 0 Å². The molecule has 1 atom stereocenters. The van der Waals surface area contributed by atoms with E-state index >= 15 is 0 Å². The van der Waals surface area contributed by atoms with E-state index in [9.17, 15) is 8.42 Å². The Morgan fingerprint density at radius 3 is 2.64 bits per heavy atom. The lowest BCUT2D eigenvalue weighted by Crippen LogP contribution is -2.41. The summed E-state index contributed by atoms with van der Waals surface area (Å²) in [5.74, 6) is 0. The largest absolute Gasteiger partial charge is 0.364 e. The number of fused-ring (bicyclic) bond motifs is 1. The summed E-state index contributed by atoms with van der Waals surface area (Å²) in [6.07, 6.45) is 0.294. The third-order valence-corrected chi connectivity index (χ3v) is 3.90. The molecular weight excluding hydrogens is 202 g/mol. The predicted molar refractivity (Wildman–Crippen MR) is 53.7 cm³/mol. The van der Waals surface area contributed by atoms with E-state index in [0.29, 0.717) is 6.42 Å². The average molecular weight is 213 g/mol. The van der Waals surface area contributed by atoms with Crippen molar-refractivity contribution in [2.45, 2.75) is 18.2 Å². The van der Waals surface area contributed by atoms with Crippen LogP contribution in [0.15, 0.2) is 24.3 Å². The van der Waals surface area contributed by atoms with Gasteiger partial charge in [0, 0.05) is 12.1 Å². The van der Waals surface area contributed by atoms with Crippen LogP contribution in [-0.2, 0) is 16.5 Å². The Balaban J connectivity index is 2.45. The van der Waals surface area contributed by atoms with Crippen molar-refractivity contribution in [3.05, 3.63) is 29.8 Å². The van der Waals surface area contributed by atoms with Crippen molar-refractivity contribution >= 4 is 15.8 Å². The molecule has 2 rings (SSSR count). The molecule has 1 aliphatic rings. The summed E-state index contributed by atoms with van der Waals surface area (Å²) in [5.41, 5.74) is 1.68. The molecule has 4 nitrogen and oxygen atoms in total. The zero-order valence-corrected chi connectivity index (χ0v) is 8.50. The van der Waals surface area contributed by atoms with Gasteiger partial charge in [-0.3, -0.25) is 4.55 Å². The van der Waals surface area contributed by atoms with E-state index < -0.39 is 15.0 Å². The van der Waals surface area contributed by atoms with Crippen molar-refractivity contribution in [1.29, 1.82) is 0 Å². The van der Waals surface area contributed by atoms with Crippen LogP contribution >= 0.6 is 0 Å². The smallest absolute Gasteiger partial charge is 0.289 e. The van der Waals surface area contributed by atoms with Crippen LogP contribution in [0.1, 0.15) is 12.5 Å². The van der Waals surface area contributed by atoms with E-state index in [4.69, 9.17) is 4.55 Å². The van der Waals surface area contributed by atoms with E-state index in [1.807, 2.05) is 18.2 Å². The second kappa shape index (κ2) is 2.71. The Labute approximate surface area is 82.7 Å². The molecule has 1 aromatic rings. The number of benzene rings is 1. The zero-order valence-electron chi connectivity index (χ0n) is 7.69. The van der Waals surface area contributed by atoms with Gasteiger partial charge >= 0.3 is 0 Å². The highest BCUT2D eigenvalue weighted by atomic mass is 32.2. The van der Waals surface area contributed by atoms with Gasteiger partial charge in [-0.15, -0.1) is 0 Å². The number of hydrogen-bond acceptors (Lipinski definition) is 3. The van der Waals surface area contributed by atoms with Gasteiger partial charge in [-0.1, -0.05) is 18.2 Å². The molecule has 1 aliphatic heterocycles. The Kier molecular flexibility index (Phi) is 1.84. The molecular formula is C9H11NO3S.